The lowest BCUT2D eigenvalue weighted by Gasteiger charge is -2.12. The third-order valence-corrected chi connectivity index (χ3v) is 3.64. The molecule has 5 nitrogen and oxygen atoms in total. The maximum Gasteiger partial charge on any atom is 0.416 e. The summed E-state index contributed by atoms with van der Waals surface area (Å²) < 4.78 is 62.7. The van der Waals surface area contributed by atoms with Crippen LogP contribution >= 0.6 is 0 Å². The molecule has 1 aromatic rings. The van der Waals surface area contributed by atoms with Gasteiger partial charge < -0.3 is 5.11 Å². The zero-order valence-corrected chi connectivity index (χ0v) is 10.5. The molecule has 0 saturated carbocycles. The van der Waals surface area contributed by atoms with Gasteiger partial charge in [0.2, 0.25) is 10.0 Å². The van der Waals surface area contributed by atoms with Gasteiger partial charge in [-0.2, -0.15) is 17.9 Å². The summed E-state index contributed by atoms with van der Waals surface area (Å²) in [5.74, 6) is -1.44. The van der Waals surface area contributed by atoms with E-state index in [9.17, 15) is 26.4 Å². The fourth-order valence-corrected chi connectivity index (χ4v) is 2.31. The molecule has 0 saturated heterocycles. The first kappa shape index (κ1) is 15.4. The second-order valence-corrected chi connectivity index (χ2v) is 5.46. The smallest absolute Gasteiger partial charge is 0.416 e. The average molecular weight is 297 g/mol. The van der Waals surface area contributed by atoms with Crippen molar-refractivity contribution in [2.75, 3.05) is 6.54 Å². The van der Waals surface area contributed by atoms with Crippen LogP contribution in [0.25, 0.3) is 0 Å². The molecule has 1 aromatic carbocycles. The third-order valence-electron chi connectivity index (χ3n) is 2.24. The van der Waals surface area contributed by atoms with Crippen LogP contribution in [0.5, 0.6) is 0 Å². The van der Waals surface area contributed by atoms with Crippen molar-refractivity contribution in [3.8, 4) is 0 Å². The van der Waals surface area contributed by atoms with Gasteiger partial charge in [0, 0.05) is 0 Å². The first-order chi connectivity index (χ1) is 8.54. The summed E-state index contributed by atoms with van der Waals surface area (Å²) in [6.45, 7) is 0.293. The topological polar surface area (TPSA) is 83.5 Å². The first-order valence-electron chi connectivity index (χ1n) is 4.93. The van der Waals surface area contributed by atoms with E-state index in [4.69, 9.17) is 5.11 Å². The van der Waals surface area contributed by atoms with Crippen LogP contribution in [0.2, 0.25) is 0 Å². The highest BCUT2D eigenvalue weighted by Gasteiger charge is 2.33. The van der Waals surface area contributed by atoms with E-state index in [-0.39, 0.29) is 5.56 Å². The molecule has 9 heteroatoms. The number of alkyl halides is 3. The van der Waals surface area contributed by atoms with Gasteiger partial charge in [0.15, 0.2) is 0 Å². The van der Waals surface area contributed by atoms with Gasteiger partial charge >= 0.3 is 12.1 Å². The van der Waals surface area contributed by atoms with Gasteiger partial charge in [-0.15, -0.1) is 0 Å². The summed E-state index contributed by atoms with van der Waals surface area (Å²) >= 11 is 0. The molecule has 0 fully saturated rings. The van der Waals surface area contributed by atoms with Gasteiger partial charge in [-0.25, -0.2) is 8.42 Å². The van der Waals surface area contributed by atoms with Crippen LogP contribution in [0.1, 0.15) is 11.1 Å². The number of hydrogen-bond donors (Lipinski definition) is 2. The maximum absolute atomic E-state index is 12.6. The summed E-state index contributed by atoms with van der Waals surface area (Å²) in [6, 6.07) is 2.46. The van der Waals surface area contributed by atoms with E-state index in [2.05, 4.69) is 0 Å². The van der Waals surface area contributed by atoms with Crippen molar-refractivity contribution in [2.45, 2.75) is 18.0 Å². The Morgan fingerprint density at radius 2 is 1.95 bits per heavy atom. The summed E-state index contributed by atoms with van der Waals surface area (Å²) in [4.78, 5) is 9.62. The highest BCUT2D eigenvalue weighted by atomic mass is 32.2. The zero-order chi connectivity index (χ0) is 14.8. The number of rotatable bonds is 4. The molecule has 0 radical (unpaired) electrons. The lowest BCUT2D eigenvalue weighted by atomic mass is 10.1. The number of sulfonamides is 1. The standard InChI is InChI=1S/C10H10F3NO4S/c1-6-2-3-7(4-8(6)10(11,12)13)19(17,18)14-5-9(15)16/h2-4,14H,5H2,1H3,(H,15,16). The fraction of sp³-hybridized carbons (Fsp3) is 0.300. The Morgan fingerprint density at radius 1 is 1.37 bits per heavy atom. The van der Waals surface area contributed by atoms with Gasteiger partial charge in [-0.05, 0) is 24.6 Å². The van der Waals surface area contributed by atoms with Crippen molar-refractivity contribution >= 4 is 16.0 Å². The van der Waals surface area contributed by atoms with Crippen molar-refractivity contribution in [3.05, 3.63) is 29.3 Å². The predicted molar refractivity (Wildman–Crippen MR) is 59.0 cm³/mol. The molecule has 0 aliphatic rings. The van der Waals surface area contributed by atoms with Crippen molar-refractivity contribution in [2.24, 2.45) is 0 Å². The molecule has 0 aromatic heterocycles. The van der Waals surface area contributed by atoms with Gasteiger partial charge in [0.05, 0.1) is 10.5 Å². The number of carbonyl (C=O) groups is 1. The van der Waals surface area contributed by atoms with E-state index in [1.54, 1.807) is 4.72 Å². The highest BCUT2D eigenvalue weighted by molar-refractivity contribution is 7.89. The van der Waals surface area contributed by atoms with E-state index in [1.165, 1.54) is 6.92 Å². The Labute approximate surface area is 107 Å². The van der Waals surface area contributed by atoms with E-state index >= 15 is 0 Å². The molecule has 2 N–H and O–H groups in total. The fourth-order valence-electron chi connectivity index (χ4n) is 1.31. The van der Waals surface area contributed by atoms with Gasteiger partial charge in [0.25, 0.3) is 0 Å². The van der Waals surface area contributed by atoms with Crippen molar-refractivity contribution in [1.29, 1.82) is 0 Å². The van der Waals surface area contributed by atoms with Crippen LogP contribution in [0.15, 0.2) is 23.1 Å². The molecular weight excluding hydrogens is 287 g/mol. The maximum atomic E-state index is 12.6. The number of aryl methyl sites for hydroxylation is 1. The van der Waals surface area contributed by atoms with Crippen molar-refractivity contribution < 1.29 is 31.5 Å². The highest BCUT2D eigenvalue weighted by Crippen LogP contribution is 2.33. The Kier molecular flexibility index (Phi) is 4.21. The molecule has 0 heterocycles. The quantitative estimate of drug-likeness (QED) is 0.879. The van der Waals surface area contributed by atoms with Gasteiger partial charge in [-0.1, -0.05) is 6.07 Å². The molecule has 0 bridgehead atoms. The van der Waals surface area contributed by atoms with Crippen LogP contribution in [0.3, 0.4) is 0 Å². The van der Waals surface area contributed by atoms with E-state index in [0.29, 0.717) is 6.07 Å². The predicted octanol–water partition coefficient (Wildman–Crippen LogP) is 1.38. The molecule has 19 heavy (non-hydrogen) atoms. The lowest BCUT2D eigenvalue weighted by molar-refractivity contribution is -0.138. The molecule has 0 spiro atoms. The SMILES string of the molecule is Cc1ccc(S(=O)(=O)NCC(=O)O)cc1C(F)(F)F. The van der Waals surface area contributed by atoms with Crippen molar-refractivity contribution in [1.82, 2.24) is 4.72 Å². The molecule has 0 aliphatic heterocycles. The van der Waals surface area contributed by atoms with Crippen LogP contribution in [0, 0.1) is 6.92 Å². The molecule has 0 amide bonds. The van der Waals surface area contributed by atoms with Crippen LogP contribution in [-0.2, 0) is 21.0 Å². The Morgan fingerprint density at radius 3 is 2.42 bits per heavy atom. The normalized spacial score (nSPS) is 12.4. The first-order valence-corrected chi connectivity index (χ1v) is 6.41. The summed E-state index contributed by atoms with van der Waals surface area (Å²) in [7, 11) is -4.29. The minimum absolute atomic E-state index is 0.121. The number of halogens is 3. The Hall–Kier alpha value is -1.61. The molecular formula is C10H10F3NO4S. The van der Waals surface area contributed by atoms with E-state index < -0.39 is 39.2 Å². The third kappa shape index (κ3) is 3.93. The number of hydrogen-bond acceptors (Lipinski definition) is 3. The molecule has 0 atom stereocenters. The lowest BCUT2D eigenvalue weighted by Crippen LogP contribution is -2.29. The van der Waals surface area contributed by atoms with Crippen LogP contribution < -0.4 is 4.72 Å². The summed E-state index contributed by atoms with van der Waals surface area (Å²) in [6.07, 6.45) is -4.68. The average Bonchev–Trinajstić information content (AvgIpc) is 2.25. The minimum Gasteiger partial charge on any atom is -0.480 e. The van der Waals surface area contributed by atoms with Gasteiger partial charge in [-0.3, -0.25) is 4.79 Å². The van der Waals surface area contributed by atoms with E-state index in [0.717, 1.165) is 12.1 Å². The largest absolute Gasteiger partial charge is 0.480 e. The van der Waals surface area contributed by atoms with Gasteiger partial charge in [0.1, 0.15) is 6.54 Å². The number of aliphatic carboxylic acids is 1. The second-order valence-electron chi connectivity index (χ2n) is 3.69. The molecule has 1 rings (SSSR count). The van der Waals surface area contributed by atoms with Crippen molar-refractivity contribution in [3.63, 3.8) is 0 Å². The molecule has 0 unspecified atom stereocenters. The van der Waals surface area contributed by atoms with E-state index in [1.807, 2.05) is 0 Å². The Bertz CT molecular complexity index is 595. The van der Waals surface area contributed by atoms with Crippen LogP contribution in [-0.4, -0.2) is 26.0 Å². The van der Waals surface area contributed by atoms with Crippen LogP contribution in [0.4, 0.5) is 13.2 Å². The zero-order valence-electron chi connectivity index (χ0n) is 9.65. The summed E-state index contributed by atoms with van der Waals surface area (Å²) in [5, 5.41) is 8.34. The Balaban J connectivity index is 3.19. The molecule has 0 aliphatic carbocycles. The molecule has 106 valence electrons. The number of benzene rings is 1. The summed E-state index contributed by atoms with van der Waals surface area (Å²) in [5.41, 5.74) is -1.20. The number of carboxylic acid groups (broad SMARTS) is 1. The monoisotopic (exact) mass is 297 g/mol. The number of nitrogens with one attached hydrogen (secondary N) is 1. The number of carboxylic acids is 1. The minimum atomic E-state index is -4.68. The second kappa shape index (κ2) is 5.17.